The highest BCUT2D eigenvalue weighted by Gasteiger charge is 2.65. The van der Waals surface area contributed by atoms with Crippen LogP contribution in [0.5, 0.6) is 11.5 Å². The van der Waals surface area contributed by atoms with E-state index in [4.69, 9.17) is 0 Å². The van der Waals surface area contributed by atoms with Crippen LogP contribution in [0.3, 0.4) is 0 Å². The second-order valence-corrected chi connectivity index (χ2v) is 6.53. The molecule has 0 radical (unpaired) electrons. The standard InChI is InChI=1S/C14H8BrF4N3O3S/c1-26-12-20-5-7(15)10(22-12)11(23)21-6-2-3-8-9(4-6)25-14(18,19)13(16,17)24-8/h2-5H,1H3,(H,21,23). The number of nitrogens with one attached hydrogen (secondary N) is 1. The molecule has 0 spiro atoms. The number of alkyl halides is 4. The summed E-state index contributed by atoms with van der Waals surface area (Å²) in [7, 11) is 0. The Balaban J connectivity index is 1.85. The number of anilines is 1. The number of rotatable bonds is 3. The van der Waals surface area contributed by atoms with E-state index < -0.39 is 29.6 Å². The summed E-state index contributed by atoms with van der Waals surface area (Å²) in [6.45, 7) is 0. The second-order valence-electron chi connectivity index (χ2n) is 4.91. The zero-order chi connectivity index (χ0) is 19.1. The Hall–Kier alpha value is -2.08. The number of benzene rings is 1. The van der Waals surface area contributed by atoms with Gasteiger partial charge in [0.05, 0.1) is 4.47 Å². The Morgan fingerprint density at radius 1 is 1.19 bits per heavy atom. The molecule has 1 aliphatic heterocycles. The molecule has 1 aliphatic rings. The van der Waals surface area contributed by atoms with E-state index in [1.54, 1.807) is 6.26 Å². The van der Waals surface area contributed by atoms with Crippen LogP contribution < -0.4 is 14.8 Å². The fraction of sp³-hybridized carbons (Fsp3) is 0.214. The summed E-state index contributed by atoms with van der Waals surface area (Å²) < 4.78 is 61.1. The van der Waals surface area contributed by atoms with Gasteiger partial charge in [-0.25, -0.2) is 9.97 Å². The molecule has 0 aliphatic carbocycles. The number of hydrogen-bond acceptors (Lipinski definition) is 6. The third-order valence-corrected chi connectivity index (χ3v) is 4.28. The number of aromatic nitrogens is 2. The molecule has 26 heavy (non-hydrogen) atoms. The number of nitrogens with zero attached hydrogens (tertiary/aromatic N) is 2. The topological polar surface area (TPSA) is 73.3 Å². The zero-order valence-corrected chi connectivity index (χ0v) is 15.1. The molecule has 6 nitrogen and oxygen atoms in total. The summed E-state index contributed by atoms with van der Waals surface area (Å²) in [5.74, 6) is -1.87. The Labute approximate surface area is 156 Å². The van der Waals surface area contributed by atoms with Crippen molar-refractivity contribution >= 4 is 39.3 Å². The zero-order valence-electron chi connectivity index (χ0n) is 12.7. The summed E-state index contributed by atoms with van der Waals surface area (Å²) in [4.78, 5) is 20.3. The van der Waals surface area contributed by atoms with E-state index in [2.05, 4.69) is 40.7 Å². The van der Waals surface area contributed by atoms with Crippen LogP contribution in [0.15, 0.2) is 34.0 Å². The average molecular weight is 454 g/mol. The first-order valence-corrected chi connectivity index (χ1v) is 8.80. The smallest absolute Gasteiger partial charge is 0.421 e. The summed E-state index contributed by atoms with van der Waals surface area (Å²) in [6.07, 6.45) is -6.53. The number of amides is 1. The quantitative estimate of drug-likeness (QED) is 0.427. The van der Waals surface area contributed by atoms with Crippen molar-refractivity contribution in [1.82, 2.24) is 9.97 Å². The Morgan fingerprint density at radius 2 is 1.85 bits per heavy atom. The van der Waals surface area contributed by atoms with Crippen LogP contribution in [0.2, 0.25) is 0 Å². The molecule has 1 aromatic heterocycles. The predicted molar refractivity (Wildman–Crippen MR) is 87.1 cm³/mol. The molecule has 0 unspecified atom stereocenters. The number of ether oxygens (including phenoxy) is 2. The molecular weight excluding hydrogens is 446 g/mol. The Morgan fingerprint density at radius 3 is 2.50 bits per heavy atom. The summed E-state index contributed by atoms with van der Waals surface area (Å²) in [5.41, 5.74) is 0.0330. The SMILES string of the molecule is CSc1ncc(Br)c(C(=O)Nc2ccc3c(c2)OC(F)(F)C(F)(F)O3)n1. The molecular formula is C14H8BrF4N3O3S. The third kappa shape index (κ3) is 3.43. The predicted octanol–water partition coefficient (Wildman–Crippen LogP) is 4.17. The van der Waals surface area contributed by atoms with Crippen LogP contribution in [-0.2, 0) is 0 Å². The van der Waals surface area contributed by atoms with Crippen molar-refractivity contribution in [3.8, 4) is 11.5 Å². The van der Waals surface area contributed by atoms with Crippen LogP contribution in [0.4, 0.5) is 23.2 Å². The lowest BCUT2D eigenvalue weighted by atomic mass is 10.2. The van der Waals surface area contributed by atoms with Crippen molar-refractivity contribution in [2.45, 2.75) is 17.4 Å². The van der Waals surface area contributed by atoms with Crippen LogP contribution in [0.1, 0.15) is 10.5 Å². The molecule has 138 valence electrons. The fourth-order valence-corrected chi connectivity index (χ4v) is 2.66. The second kappa shape index (κ2) is 6.58. The summed E-state index contributed by atoms with van der Waals surface area (Å²) in [6, 6.07) is 3.13. The minimum atomic E-state index is -4.84. The minimum Gasteiger partial charge on any atom is -0.421 e. The molecule has 1 aromatic carbocycles. The van der Waals surface area contributed by atoms with E-state index in [1.165, 1.54) is 24.0 Å². The molecule has 2 heterocycles. The maximum atomic E-state index is 13.2. The maximum Gasteiger partial charge on any atom is 0.507 e. The van der Waals surface area contributed by atoms with Crippen LogP contribution in [0.25, 0.3) is 0 Å². The lowest BCUT2D eigenvalue weighted by Crippen LogP contribution is -2.52. The van der Waals surface area contributed by atoms with Crippen LogP contribution in [0, 0.1) is 0 Å². The first kappa shape index (κ1) is 18.7. The molecule has 0 fully saturated rings. The van der Waals surface area contributed by atoms with Gasteiger partial charge in [0.1, 0.15) is 5.69 Å². The number of carbonyl (C=O) groups excluding carboxylic acids is 1. The van der Waals surface area contributed by atoms with Gasteiger partial charge in [-0.3, -0.25) is 4.79 Å². The molecule has 0 saturated heterocycles. The van der Waals surface area contributed by atoms with E-state index in [9.17, 15) is 22.4 Å². The lowest BCUT2D eigenvalue weighted by Gasteiger charge is -2.31. The average Bonchev–Trinajstić information content (AvgIpc) is 2.56. The molecule has 0 bridgehead atoms. The van der Waals surface area contributed by atoms with Gasteiger partial charge in [0.2, 0.25) is 0 Å². The highest BCUT2D eigenvalue weighted by Crippen LogP contribution is 2.47. The van der Waals surface area contributed by atoms with Gasteiger partial charge in [0, 0.05) is 18.0 Å². The van der Waals surface area contributed by atoms with Gasteiger partial charge < -0.3 is 14.8 Å². The monoisotopic (exact) mass is 453 g/mol. The summed E-state index contributed by atoms with van der Waals surface area (Å²) in [5, 5.41) is 2.76. The Kier molecular flexibility index (Phi) is 4.73. The molecule has 12 heteroatoms. The van der Waals surface area contributed by atoms with Crippen molar-refractivity contribution in [1.29, 1.82) is 0 Å². The Bertz CT molecular complexity index is 885. The largest absolute Gasteiger partial charge is 0.507 e. The van der Waals surface area contributed by atoms with E-state index in [1.807, 2.05) is 0 Å². The number of carbonyl (C=O) groups is 1. The molecule has 2 aromatic rings. The van der Waals surface area contributed by atoms with E-state index in [-0.39, 0.29) is 11.4 Å². The molecule has 3 rings (SSSR count). The van der Waals surface area contributed by atoms with Crippen LogP contribution in [-0.4, -0.2) is 34.3 Å². The molecule has 1 N–H and O–H groups in total. The third-order valence-electron chi connectivity index (χ3n) is 3.14. The minimum absolute atomic E-state index is 0.0103. The van der Waals surface area contributed by atoms with Gasteiger partial charge in [0.25, 0.3) is 5.91 Å². The molecule has 1 amide bonds. The normalized spacial score (nSPS) is 16.8. The number of halogens is 5. The van der Waals surface area contributed by atoms with Crippen molar-refractivity contribution in [2.75, 3.05) is 11.6 Å². The first-order valence-electron chi connectivity index (χ1n) is 6.78. The fourth-order valence-electron chi connectivity index (χ4n) is 1.94. The van der Waals surface area contributed by atoms with Gasteiger partial charge in [0.15, 0.2) is 16.7 Å². The van der Waals surface area contributed by atoms with E-state index in [0.717, 1.165) is 12.1 Å². The summed E-state index contributed by atoms with van der Waals surface area (Å²) >= 11 is 4.36. The van der Waals surface area contributed by atoms with Crippen molar-refractivity contribution in [3.05, 3.63) is 34.6 Å². The number of hydrogen-bond donors (Lipinski definition) is 1. The number of fused-ring (bicyclic) bond motifs is 1. The number of thioether (sulfide) groups is 1. The first-order chi connectivity index (χ1) is 12.1. The highest BCUT2D eigenvalue weighted by atomic mass is 79.9. The maximum absolute atomic E-state index is 13.2. The van der Waals surface area contributed by atoms with Crippen molar-refractivity contribution in [3.63, 3.8) is 0 Å². The van der Waals surface area contributed by atoms with Gasteiger partial charge in [-0.05, 0) is 34.3 Å². The van der Waals surface area contributed by atoms with E-state index >= 15 is 0 Å². The molecule has 0 atom stereocenters. The van der Waals surface area contributed by atoms with Gasteiger partial charge in [-0.1, -0.05) is 11.8 Å². The van der Waals surface area contributed by atoms with Crippen molar-refractivity contribution < 1.29 is 31.8 Å². The van der Waals surface area contributed by atoms with Crippen molar-refractivity contribution in [2.24, 2.45) is 0 Å². The van der Waals surface area contributed by atoms with Gasteiger partial charge in [-0.2, -0.15) is 17.6 Å². The highest BCUT2D eigenvalue weighted by molar-refractivity contribution is 9.10. The van der Waals surface area contributed by atoms with Gasteiger partial charge >= 0.3 is 12.2 Å². The lowest BCUT2D eigenvalue weighted by molar-refractivity contribution is -0.391. The van der Waals surface area contributed by atoms with Crippen LogP contribution >= 0.6 is 27.7 Å². The van der Waals surface area contributed by atoms with E-state index in [0.29, 0.717) is 9.63 Å². The van der Waals surface area contributed by atoms with Gasteiger partial charge in [-0.15, -0.1) is 0 Å². The molecule has 0 saturated carbocycles.